The summed E-state index contributed by atoms with van der Waals surface area (Å²) in [6.45, 7) is 2.56. The van der Waals surface area contributed by atoms with Crippen LogP contribution >= 0.6 is 0 Å². The monoisotopic (exact) mass is 374 g/mol. The summed E-state index contributed by atoms with van der Waals surface area (Å²) < 4.78 is 45.3. The molecule has 1 atom stereocenters. The quantitative estimate of drug-likeness (QED) is 0.712. The van der Waals surface area contributed by atoms with Gasteiger partial charge in [0.15, 0.2) is 23.3 Å². The third kappa shape index (κ3) is 3.45. The maximum atomic E-state index is 13.4. The van der Waals surface area contributed by atoms with E-state index in [1.54, 1.807) is 24.3 Å². The molecule has 1 aliphatic rings. The smallest absolute Gasteiger partial charge is 0.257 e. The van der Waals surface area contributed by atoms with E-state index in [1.165, 1.54) is 0 Å². The van der Waals surface area contributed by atoms with E-state index in [9.17, 15) is 13.2 Å². The van der Waals surface area contributed by atoms with E-state index in [2.05, 4.69) is 20.4 Å². The van der Waals surface area contributed by atoms with Gasteiger partial charge in [0.1, 0.15) is 0 Å². The minimum absolute atomic E-state index is 0.0423. The molecule has 0 spiro atoms. The van der Waals surface area contributed by atoms with Gasteiger partial charge in [-0.15, -0.1) is 0 Å². The molecule has 1 fully saturated rings. The zero-order valence-electron chi connectivity index (χ0n) is 14.5. The van der Waals surface area contributed by atoms with Crippen LogP contribution in [0.4, 0.5) is 13.2 Å². The van der Waals surface area contributed by atoms with Crippen molar-refractivity contribution in [2.45, 2.75) is 6.04 Å². The van der Waals surface area contributed by atoms with Crippen molar-refractivity contribution in [1.82, 2.24) is 20.4 Å². The van der Waals surface area contributed by atoms with Gasteiger partial charge in [-0.1, -0.05) is 17.3 Å². The molecule has 1 aliphatic heterocycles. The molecule has 2 aromatic carbocycles. The number of likely N-dealkylation sites (N-methyl/N-ethyl adjacent to an activating group) is 1. The van der Waals surface area contributed by atoms with E-state index >= 15 is 0 Å². The number of rotatable bonds is 3. The van der Waals surface area contributed by atoms with E-state index in [4.69, 9.17) is 4.52 Å². The molecule has 1 unspecified atom stereocenters. The normalized spacial score (nSPS) is 18.0. The highest BCUT2D eigenvalue weighted by molar-refractivity contribution is 5.67. The van der Waals surface area contributed by atoms with Crippen LogP contribution in [0.2, 0.25) is 0 Å². The third-order valence-corrected chi connectivity index (χ3v) is 4.70. The fourth-order valence-corrected chi connectivity index (χ4v) is 3.11. The van der Waals surface area contributed by atoms with Crippen LogP contribution in [0.1, 0.15) is 11.9 Å². The highest BCUT2D eigenvalue weighted by atomic mass is 19.2. The average molecular weight is 374 g/mol. The fourth-order valence-electron chi connectivity index (χ4n) is 3.11. The van der Waals surface area contributed by atoms with Gasteiger partial charge in [-0.05, 0) is 42.4 Å². The van der Waals surface area contributed by atoms with E-state index in [0.717, 1.165) is 31.8 Å². The molecular formula is C19H17F3N4O. The number of nitrogens with zero attached hydrogens (tertiary/aromatic N) is 3. The topological polar surface area (TPSA) is 54.2 Å². The van der Waals surface area contributed by atoms with Crippen molar-refractivity contribution in [3.8, 4) is 22.6 Å². The minimum atomic E-state index is -1.48. The molecule has 0 saturated carbocycles. The molecule has 2 heterocycles. The van der Waals surface area contributed by atoms with Crippen LogP contribution in [0.5, 0.6) is 0 Å². The fraction of sp³-hybridized carbons (Fsp3) is 0.263. The van der Waals surface area contributed by atoms with Gasteiger partial charge >= 0.3 is 0 Å². The van der Waals surface area contributed by atoms with E-state index in [0.29, 0.717) is 22.8 Å². The Morgan fingerprint density at radius 3 is 2.37 bits per heavy atom. The van der Waals surface area contributed by atoms with Crippen LogP contribution in [-0.4, -0.2) is 41.7 Å². The molecule has 0 radical (unpaired) electrons. The molecule has 8 heteroatoms. The third-order valence-electron chi connectivity index (χ3n) is 4.70. The summed E-state index contributed by atoms with van der Waals surface area (Å²) in [6, 6.07) is 8.73. The molecule has 3 aromatic rings. The number of benzene rings is 2. The second kappa shape index (κ2) is 7.13. The van der Waals surface area contributed by atoms with Crippen molar-refractivity contribution in [1.29, 1.82) is 0 Å². The molecule has 0 aliphatic carbocycles. The van der Waals surface area contributed by atoms with Crippen molar-refractivity contribution in [3.63, 3.8) is 0 Å². The summed E-state index contributed by atoms with van der Waals surface area (Å²) in [6.07, 6.45) is 0. The Labute approximate surface area is 153 Å². The number of halogens is 3. The SMILES string of the molecule is CN1CCNCC1c1noc(-c2ccc(-c3cc(F)c(F)c(F)c3)cc2)n1. The maximum Gasteiger partial charge on any atom is 0.257 e. The Bertz CT molecular complexity index is 935. The predicted molar refractivity (Wildman–Crippen MR) is 93.3 cm³/mol. The van der Waals surface area contributed by atoms with Gasteiger partial charge in [-0.25, -0.2) is 13.2 Å². The van der Waals surface area contributed by atoms with Crippen LogP contribution < -0.4 is 5.32 Å². The summed E-state index contributed by atoms with van der Waals surface area (Å²) in [5.41, 5.74) is 1.48. The Morgan fingerprint density at radius 1 is 1.04 bits per heavy atom. The maximum absolute atomic E-state index is 13.4. The highest BCUT2D eigenvalue weighted by Crippen LogP contribution is 2.27. The number of hydrogen-bond acceptors (Lipinski definition) is 5. The summed E-state index contributed by atoms with van der Waals surface area (Å²) in [5.74, 6) is -2.95. The molecule has 0 amide bonds. The van der Waals surface area contributed by atoms with Gasteiger partial charge in [0, 0.05) is 25.2 Å². The van der Waals surface area contributed by atoms with Crippen molar-refractivity contribution in [2.75, 3.05) is 26.7 Å². The Morgan fingerprint density at radius 2 is 1.70 bits per heavy atom. The first-order valence-corrected chi connectivity index (χ1v) is 8.53. The zero-order valence-corrected chi connectivity index (χ0v) is 14.5. The Kier molecular flexibility index (Phi) is 4.67. The largest absolute Gasteiger partial charge is 0.334 e. The second-order valence-corrected chi connectivity index (χ2v) is 6.49. The van der Waals surface area contributed by atoms with Gasteiger partial charge in [-0.2, -0.15) is 4.98 Å². The van der Waals surface area contributed by atoms with Gasteiger partial charge in [-0.3, -0.25) is 4.90 Å². The lowest BCUT2D eigenvalue weighted by atomic mass is 10.0. The van der Waals surface area contributed by atoms with Crippen molar-refractivity contribution in [2.24, 2.45) is 0 Å². The van der Waals surface area contributed by atoms with Crippen LogP contribution in [0.15, 0.2) is 40.9 Å². The number of piperazine rings is 1. The van der Waals surface area contributed by atoms with Crippen LogP contribution in [0.25, 0.3) is 22.6 Å². The molecular weight excluding hydrogens is 357 g/mol. The van der Waals surface area contributed by atoms with E-state index in [-0.39, 0.29) is 11.6 Å². The number of nitrogens with one attached hydrogen (secondary N) is 1. The first kappa shape index (κ1) is 17.7. The lowest BCUT2D eigenvalue weighted by molar-refractivity contribution is 0.190. The molecule has 27 heavy (non-hydrogen) atoms. The van der Waals surface area contributed by atoms with Gasteiger partial charge < -0.3 is 9.84 Å². The Hall–Kier alpha value is -2.71. The first-order chi connectivity index (χ1) is 13.0. The average Bonchev–Trinajstić information content (AvgIpc) is 3.16. The van der Waals surface area contributed by atoms with Crippen LogP contribution in [0, 0.1) is 17.5 Å². The molecule has 5 nitrogen and oxygen atoms in total. The van der Waals surface area contributed by atoms with Crippen molar-refractivity contribution >= 4 is 0 Å². The minimum Gasteiger partial charge on any atom is -0.334 e. The van der Waals surface area contributed by atoms with E-state index < -0.39 is 17.5 Å². The first-order valence-electron chi connectivity index (χ1n) is 8.53. The van der Waals surface area contributed by atoms with Crippen molar-refractivity contribution < 1.29 is 17.7 Å². The molecule has 0 bridgehead atoms. The molecule has 1 N–H and O–H groups in total. The lowest BCUT2D eigenvalue weighted by Gasteiger charge is -2.30. The molecule has 1 aromatic heterocycles. The number of aromatic nitrogens is 2. The van der Waals surface area contributed by atoms with Gasteiger partial charge in [0.2, 0.25) is 0 Å². The second-order valence-electron chi connectivity index (χ2n) is 6.49. The molecule has 4 rings (SSSR count). The van der Waals surface area contributed by atoms with Gasteiger partial charge in [0.25, 0.3) is 5.89 Å². The summed E-state index contributed by atoms with van der Waals surface area (Å²) in [5, 5.41) is 7.37. The zero-order chi connectivity index (χ0) is 19.0. The van der Waals surface area contributed by atoms with Crippen LogP contribution in [0.3, 0.4) is 0 Å². The summed E-state index contributed by atoms with van der Waals surface area (Å²) in [7, 11) is 2.01. The Balaban J connectivity index is 1.58. The summed E-state index contributed by atoms with van der Waals surface area (Å²) in [4.78, 5) is 6.63. The lowest BCUT2D eigenvalue weighted by Crippen LogP contribution is -2.44. The predicted octanol–water partition coefficient (Wildman–Crippen LogP) is 3.40. The van der Waals surface area contributed by atoms with Crippen molar-refractivity contribution in [3.05, 3.63) is 59.7 Å². The van der Waals surface area contributed by atoms with Crippen LogP contribution in [-0.2, 0) is 0 Å². The highest BCUT2D eigenvalue weighted by Gasteiger charge is 2.25. The van der Waals surface area contributed by atoms with E-state index in [1.807, 2.05) is 7.05 Å². The standard InChI is InChI=1S/C19H17F3N4O/c1-26-7-6-23-10-16(26)18-24-19(27-25-18)12-4-2-11(3-5-12)13-8-14(20)17(22)15(21)9-13/h2-5,8-9,16,23H,6-7,10H2,1H3. The molecule has 140 valence electrons. The van der Waals surface area contributed by atoms with Gasteiger partial charge in [0.05, 0.1) is 6.04 Å². The summed E-state index contributed by atoms with van der Waals surface area (Å²) >= 11 is 0. The number of hydrogen-bond donors (Lipinski definition) is 1. The molecule has 1 saturated heterocycles.